The van der Waals surface area contributed by atoms with Crippen molar-refractivity contribution in [3.05, 3.63) is 99.0 Å². The minimum atomic E-state index is -1.15. The lowest BCUT2D eigenvalue weighted by molar-refractivity contribution is -0.119. The first-order chi connectivity index (χ1) is 16.3. The van der Waals surface area contributed by atoms with E-state index in [2.05, 4.69) is 10.1 Å². The summed E-state index contributed by atoms with van der Waals surface area (Å²) in [5.74, 6) is -2.34. The molecule has 3 aromatic rings. The van der Waals surface area contributed by atoms with Crippen molar-refractivity contribution in [2.24, 2.45) is 0 Å². The van der Waals surface area contributed by atoms with Crippen molar-refractivity contribution in [3.63, 3.8) is 0 Å². The lowest BCUT2D eigenvalue weighted by Crippen LogP contribution is -2.48. The van der Waals surface area contributed by atoms with Crippen molar-refractivity contribution in [3.8, 4) is 0 Å². The average Bonchev–Trinajstić information content (AvgIpc) is 3.07. The molecule has 1 aliphatic rings. The SMILES string of the molecule is COC(=O)c1ccc(NC(=O)[C@H](Cc2ccccc2)N2C(=O)c3cc(Cl)c(Cl)cc3C2=O)cc1. The molecule has 1 heterocycles. The van der Waals surface area contributed by atoms with Gasteiger partial charge in [0, 0.05) is 12.1 Å². The molecule has 0 aliphatic carbocycles. The van der Waals surface area contributed by atoms with Crippen molar-refractivity contribution in [1.29, 1.82) is 0 Å². The number of hydrogen-bond acceptors (Lipinski definition) is 5. The molecule has 1 N–H and O–H groups in total. The molecule has 0 bridgehead atoms. The first-order valence-corrected chi connectivity index (χ1v) is 11.0. The van der Waals surface area contributed by atoms with Gasteiger partial charge in [0.15, 0.2) is 0 Å². The number of esters is 1. The van der Waals surface area contributed by atoms with Gasteiger partial charge in [0.1, 0.15) is 6.04 Å². The van der Waals surface area contributed by atoms with Gasteiger partial charge in [-0.2, -0.15) is 0 Å². The third kappa shape index (κ3) is 4.53. The van der Waals surface area contributed by atoms with Crippen LogP contribution in [0.5, 0.6) is 0 Å². The molecule has 34 heavy (non-hydrogen) atoms. The van der Waals surface area contributed by atoms with E-state index < -0.39 is 29.7 Å². The van der Waals surface area contributed by atoms with E-state index >= 15 is 0 Å². The van der Waals surface area contributed by atoms with E-state index in [1.54, 1.807) is 24.3 Å². The van der Waals surface area contributed by atoms with Crippen LogP contribution < -0.4 is 5.32 Å². The highest BCUT2D eigenvalue weighted by Gasteiger charge is 2.43. The third-order valence-corrected chi connectivity index (χ3v) is 6.14. The van der Waals surface area contributed by atoms with Gasteiger partial charge in [0.25, 0.3) is 11.8 Å². The molecule has 0 saturated heterocycles. The van der Waals surface area contributed by atoms with Crippen LogP contribution in [0.1, 0.15) is 36.6 Å². The van der Waals surface area contributed by atoms with Gasteiger partial charge in [-0.15, -0.1) is 0 Å². The summed E-state index contributed by atoms with van der Waals surface area (Å²) in [5.41, 5.74) is 1.64. The second-order valence-corrected chi connectivity index (χ2v) is 8.37. The fourth-order valence-corrected chi connectivity index (χ4v) is 4.03. The number of nitrogens with one attached hydrogen (secondary N) is 1. The second-order valence-electron chi connectivity index (χ2n) is 7.56. The zero-order chi connectivity index (χ0) is 24.4. The minimum Gasteiger partial charge on any atom is -0.465 e. The fraction of sp³-hybridized carbons (Fsp3) is 0.120. The molecular formula is C25H18Cl2N2O5. The fourth-order valence-electron chi connectivity index (χ4n) is 3.71. The summed E-state index contributed by atoms with van der Waals surface area (Å²) in [6.45, 7) is 0. The molecule has 0 saturated carbocycles. The molecule has 7 nitrogen and oxygen atoms in total. The maximum atomic E-state index is 13.4. The Balaban J connectivity index is 1.66. The summed E-state index contributed by atoms with van der Waals surface area (Å²) in [7, 11) is 1.27. The standard InChI is InChI=1S/C25H18Cl2N2O5/c1-34-25(33)15-7-9-16(10-8-15)28-22(30)21(11-14-5-3-2-4-6-14)29-23(31)17-12-19(26)20(27)13-18(17)24(29)32/h2-10,12-13,21H,11H2,1H3,(H,28,30)/t21-/m0/s1. The van der Waals surface area contributed by atoms with Crippen LogP contribution in [0.2, 0.25) is 10.0 Å². The summed E-state index contributed by atoms with van der Waals surface area (Å²) in [6, 6.07) is 16.6. The van der Waals surface area contributed by atoms with Crippen LogP contribution in [0.15, 0.2) is 66.7 Å². The van der Waals surface area contributed by atoms with Gasteiger partial charge < -0.3 is 10.1 Å². The number of amides is 3. The molecule has 9 heteroatoms. The van der Waals surface area contributed by atoms with Crippen LogP contribution in [0.3, 0.4) is 0 Å². The van der Waals surface area contributed by atoms with E-state index in [-0.39, 0.29) is 27.6 Å². The van der Waals surface area contributed by atoms with Crippen LogP contribution in [0, 0.1) is 0 Å². The molecule has 172 valence electrons. The molecular weight excluding hydrogens is 479 g/mol. The number of halogens is 2. The largest absolute Gasteiger partial charge is 0.465 e. The van der Waals surface area contributed by atoms with Crippen LogP contribution in [0.4, 0.5) is 5.69 Å². The number of benzene rings is 3. The highest BCUT2D eigenvalue weighted by atomic mass is 35.5. The first-order valence-electron chi connectivity index (χ1n) is 10.2. The highest BCUT2D eigenvalue weighted by molar-refractivity contribution is 6.43. The number of carbonyl (C=O) groups excluding carboxylic acids is 4. The normalized spacial score (nSPS) is 13.4. The number of ether oxygens (including phenoxy) is 1. The summed E-state index contributed by atoms with van der Waals surface area (Å²) < 4.78 is 4.67. The van der Waals surface area contributed by atoms with Gasteiger partial charge in [-0.25, -0.2) is 4.79 Å². The zero-order valence-electron chi connectivity index (χ0n) is 17.9. The van der Waals surface area contributed by atoms with Crippen molar-refractivity contribution in [2.75, 3.05) is 12.4 Å². The summed E-state index contributed by atoms with van der Waals surface area (Å²) in [4.78, 5) is 52.3. The van der Waals surface area contributed by atoms with Crippen LogP contribution in [-0.4, -0.2) is 41.7 Å². The Kier molecular flexibility index (Phi) is 6.68. The number of imide groups is 1. The second kappa shape index (κ2) is 9.67. The molecule has 0 unspecified atom stereocenters. The molecule has 1 atom stereocenters. The van der Waals surface area contributed by atoms with Gasteiger partial charge in [-0.3, -0.25) is 19.3 Å². The summed E-state index contributed by atoms with van der Waals surface area (Å²) >= 11 is 12.1. The Morgan fingerprint density at radius 1 is 0.912 bits per heavy atom. The van der Waals surface area contributed by atoms with E-state index in [0.29, 0.717) is 11.3 Å². The molecule has 0 aromatic heterocycles. The van der Waals surface area contributed by atoms with Gasteiger partial charge in [-0.1, -0.05) is 53.5 Å². The van der Waals surface area contributed by atoms with Crippen LogP contribution in [0.25, 0.3) is 0 Å². The minimum absolute atomic E-state index is 0.0905. The quantitative estimate of drug-likeness (QED) is 0.396. The predicted molar refractivity (Wildman–Crippen MR) is 127 cm³/mol. The van der Waals surface area contributed by atoms with Gasteiger partial charge >= 0.3 is 5.97 Å². The van der Waals surface area contributed by atoms with Gasteiger partial charge in [-0.05, 0) is 42.0 Å². The molecule has 3 aromatic carbocycles. The topological polar surface area (TPSA) is 92.8 Å². The van der Waals surface area contributed by atoms with Crippen LogP contribution >= 0.6 is 23.2 Å². The Labute approximate surface area is 205 Å². The van der Waals surface area contributed by atoms with Crippen molar-refractivity contribution in [2.45, 2.75) is 12.5 Å². The number of fused-ring (bicyclic) bond motifs is 1. The Bertz CT molecular complexity index is 1250. The molecule has 0 fully saturated rings. The maximum absolute atomic E-state index is 13.4. The summed E-state index contributed by atoms with van der Waals surface area (Å²) in [5, 5.41) is 3.00. The third-order valence-electron chi connectivity index (χ3n) is 5.42. The zero-order valence-corrected chi connectivity index (χ0v) is 19.4. The predicted octanol–water partition coefficient (Wildman–Crippen LogP) is 4.63. The monoisotopic (exact) mass is 496 g/mol. The lowest BCUT2D eigenvalue weighted by Gasteiger charge is -2.25. The van der Waals surface area contributed by atoms with Crippen molar-refractivity contribution < 1.29 is 23.9 Å². The molecule has 0 spiro atoms. The van der Waals surface area contributed by atoms with E-state index in [1.165, 1.54) is 43.5 Å². The molecule has 1 aliphatic heterocycles. The maximum Gasteiger partial charge on any atom is 0.337 e. The first kappa shape index (κ1) is 23.5. The van der Waals surface area contributed by atoms with E-state index in [0.717, 1.165) is 10.5 Å². The van der Waals surface area contributed by atoms with E-state index in [1.807, 2.05) is 6.07 Å². The Morgan fingerprint density at radius 3 is 2.00 bits per heavy atom. The average molecular weight is 497 g/mol. The summed E-state index contributed by atoms with van der Waals surface area (Å²) in [6.07, 6.45) is 0.0971. The van der Waals surface area contributed by atoms with Crippen molar-refractivity contribution >= 4 is 52.6 Å². The smallest absolute Gasteiger partial charge is 0.337 e. The van der Waals surface area contributed by atoms with E-state index in [4.69, 9.17) is 23.2 Å². The van der Waals surface area contributed by atoms with Gasteiger partial charge in [0.05, 0.1) is 33.8 Å². The highest BCUT2D eigenvalue weighted by Crippen LogP contribution is 2.33. The van der Waals surface area contributed by atoms with Gasteiger partial charge in [0.2, 0.25) is 5.91 Å². The molecule has 3 amide bonds. The number of rotatable bonds is 6. The molecule has 4 rings (SSSR count). The Hall–Kier alpha value is -3.68. The number of anilines is 1. The number of methoxy groups -OCH3 is 1. The van der Waals surface area contributed by atoms with Crippen molar-refractivity contribution in [1.82, 2.24) is 4.90 Å². The lowest BCUT2D eigenvalue weighted by atomic mass is 10.0. The number of hydrogen-bond donors (Lipinski definition) is 1. The molecule has 0 radical (unpaired) electrons. The number of carbonyl (C=O) groups is 4. The van der Waals surface area contributed by atoms with Crippen LogP contribution in [-0.2, 0) is 16.0 Å². The number of nitrogens with zero attached hydrogens (tertiary/aromatic N) is 1. The van der Waals surface area contributed by atoms with E-state index in [9.17, 15) is 19.2 Å². The Morgan fingerprint density at radius 2 is 1.47 bits per heavy atom.